The zero-order valence-electron chi connectivity index (χ0n) is 11.8. The number of nitrogens with zero attached hydrogens (tertiary/aromatic N) is 1. The van der Waals surface area contributed by atoms with E-state index in [4.69, 9.17) is 4.74 Å². The summed E-state index contributed by atoms with van der Waals surface area (Å²) in [4.78, 5) is 13.2. The Morgan fingerprint density at radius 1 is 1.21 bits per heavy atom. The smallest absolute Gasteiger partial charge is 0.221 e. The molecular weight excluding hydrogens is 264 g/mol. The highest BCUT2D eigenvalue weighted by Crippen LogP contribution is 2.15. The van der Waals surface area contributed by atoms with Crippen molar-refractivity contribution in [2.75, 3.05) is 31.6 Å². The molecule has 0 aliphatic carbocycles. The molecule has 0 unspecified atom stereocenters. The van der Waals surface area contributed by atoms with Crippen LogP contribution in [0.25, 0.3) is 0 Å². The summed E-state index contributed by atoms with van der Waals surface area (Å²) < 4.78 is 5.65. The molecule has 1 aromatic carbocycles. The van der Waals surface area contributed by atoms with Crippen molar-refractivity contribution in [2.45, 2.75) is 20.8 Å². The third-order valence-electron chi connectivity index (χ3n) is 2.75. The monoisotopic (exact) mass is 286 g/mol. The van der Waals surface area contributed by atoms with Crippen LogP contribution in [-0.4, -0.2) is 37.0 Å². The fourth-order valence-corrected chi connectivity index (χ4v) is 1.67. The Balaban J connectivity index is 0.00000324. The lowest BCUT2D eigenvalue weighted by molar-refractivity contribution is -0.114. The van der Waals surface area contributed by atoms with Gasteiger partial charge >= 0.3 is 0 Å². The Bertz CT molecular complexity index is 364. The molecule has 0 heterocycles. The van der Waals surface area contributed by atoms with Gasteiger partial charge in [-0.3, -0.25) is 4.79 Å². The van der Waals surface area contributed by atoms with E-state index in [0.717, 1.165) is 31.1 Å². The Labute approximate surface area is 121 Å². The number of rotatable bonds is 7. The van der Waals surface area contributed by atoms with Gasteiger partial charge in [0, 0.05) is 19.2 Å². The Morgan fingerprint density at radius 3 is 2.26 bits per heavy atom. The summed E-state index contributed by atoms with van der Waals surface area (Å²) in [6.45, 7) is 9.48. The first-order valence-corrected chi connectivity index (χ1v) is 6.38. The molecule has 0 fully saturated rings. The maximum absolute atomic E-state index is 10.9. The minimum atomic E-state index is -0.0646. The van der Waals surface area contributed by atoms with Crippen LogP contribution in [0.15, 0.2) is 24.3 Å². The number of halogens is 1. The lowest BCUT2D eigenvalue weighted by atomic mass is 10.3. The lowest BCUT2D eigenvalue weighted by Crippen LogP contribution is -2.27. The van der Waals surface area contributed by atoms with Crippen molar-refractivity contribution in [3.8, 4) is 5.75 Å². The zero-order chi connectivity index (χ0) is 13.4. The molecule has 1 N–H and O–H groups in total. The van der Waals surface area contributed by atoms with E-state index >= 15 is 0 Å². The summed E-state index contributed by atoms with van der Waals surface area (Å²) >= 11 is 0. The molecule has 5 heteroatoms. The second-order valence-electron chi connectivity index (χ2n) is 4.08. The molecule has 0 radical (unpaired) electrons. The maximum atomic E-state index is 10.9. The summed E-state index contributed by atoms with van der Waals surface area (Å²) in [5.41, 5.74) is 0.790. The molecular formula is C14H23ClN2O2. The molecule has 0 atom stereocenters. The van der Waals surface area contributed by atoms with Crippen LogP contribution in [0.5, 0.6) is 5.75 Å². The summed E-state index contributed by atoms with van der Waals surface area (Å²) in [5, 5.41) is 2.72. The molecule has 0 saturated carbocycles. The topological polar surface area (TPSA) is 41.6 Å². The van der Waals surface area contributed by atoms with Gasteiger partial charge < -0.3 is 15.0 Å². The second kappa shape index (κ2) is 9.64. The number of benzene rings is 1. The van der Waals surface area contributed by atoms with Gasteiger partial charge in [0.25, 0.3) is 0 Å². The molecule has 0 saturated heterocycles. The van der Waals surface area contributed by atoms with Gasteiger partial charge in [-0.25, -0.2) is 0 Å². The van der Waals surface area contributed by atoms with Crippen molar-refractivity contribution in [3.05, 3.63) is 24.3 Å². The molecule has 1 aromatic rings. The highest BCUT2D eigenvalue weighted by atomic mass is 35.5. The maximum Gasteiger partial charge on any atom is 0.221 e. The third-order valence-corrected chi connectivity index (χ3v) is 2.75. The number of hydrogen-bond acceptors (Lipinski definition) is 3. The van der Waals surface area contributed by atoms with Crippen molar-refractivity contribution in [3.63, 3.8) is 0 Å². The van der Waals surface area contributed by atoms with Crippen molar-refractivity contribution in [1.29, 1.82) is 0 Å². The fraction of sp³-hybridized carbons (Fsp3) is 0.500. The number of ether oxygens (including phenoxy) is 1. The summed E-state index contributed by atoms with van der Waals surface area (Å²) in [7, 11) is 0. The van der Waals surface area contributed by atoms with Gasteiger partial charge in [-0.2, -0.15) is 0 Å². The predicted molar refractivity (Wildman–Crippen MR) is 81.3 cm³/mol. The average molecular weight is 287 g/mol. The first kappa shape index (κ1) is 17.7. The van der Waals surface area contributed by atoms with Gasteiger partial charge in [0.05, 0.1) is 0 Å². The van der Waals surface area contributed by atoms with Gasteiger partial charge in [-0.15, -0.1) is 12.4 Å². The largest absolute Gasteiger partial charge is 0.492 e. The quantitative estimate of drug-likeness (QED) is 0.838. The molecule has 4 nitrogen and oxygen atoms in total. The van der Waals surface area contributed by atoms with E-state index in [1.165, 1.54) is 6.92 Å². The summed E-state index contributed by atoms with van der Waals surface area (Å²) in [5.74, 6) is 0.765. The van der Waals surface area contributed by atoms with Crippen LogP contribution in [-0.2, 0) is 4.79 Å². The van der Waals surface area contributed by atoms with E-state index in [1.807, 2.05) is 24.3 Å². The van der Waals surface area contributed by atoms with Crippen molar-refractivity contribution in [2.24, 2.45) is 0 Å². The van der Waals surface area contributed by atoms with Gasteiger partial charge in [0.1, 0.15) is 12.4 Å². The Hall–Kier alpha value is -1.26. The van der Waals surface area contributed by atoms with Crippen LogP contribution in [0.1, 0.15) is 20.8 Å². The molecule has 19 heavy (non-hydrogen) atoms. The van der Waals surface area contributed by atoms with Gasteiger partial charge in [-0.1, -0.05) is 13.8 Å². The summed E-state index contributed by atoms with van der Waals surface area (Å²) in [6, 6.07) is 7.42. The van der Waals surface area contributed by atoms with Gasteiger partial charge in [-0.05, 0) is 37.4 Å². The molecule has 0 spiro atoms. The Kier molecular flexibility index (Phi) is 9.00. The normalized spacial score (nSPS) is 9.89. The minimum Gasteiger partial charge on any atom is -0.492 e. The molecule has 0 bridgehead atoms. The lowest BCUT2D eigenvalue weighted by Gasteiger charge is -2.18. The number of nitrogens with one attached hydrogen (secondary N) is 1. The summed E-state index contributed by atoms with van der Waals surface area (Å²) in [6.07, 6.45) is 0. The first-order valence-electron chi connectivity index (χ1n) is 6.38. The minimum absolute atomic E-state index is 0. The first-order chi connectivity index (χ1) is 8.65. The standard InChI is InChI=1S/C14H22N2O2.ClH/c1-4-16(5-2)10-11-18-14-8-6-13(7-9-14)15-12(3)17;/h6-9H,4-5,10-11H2,1-3H3,(H,15,17);1H. The van der Waals surface area contributed by atoms with E-state index in [-0.39, 0.29) is 18.3 Å². The Morgan fingerprint density at radius 2 is 1.79 bits per heavy atom. The van der Waals surface area contributed by atoms with Crippen molar-refractivity contribution >= 4 is 24.0 Å². The molecule has 0 aliphatic rings. The average Bonchev–Trinajstić information content (AvgIpc) is 2.36. The van der Waals surface area contributed by atoms with E-state index in [1.54, 1.807) is 0 Å². The van der Waals surface area contributed by atoms with Crippen LogP contribution >= 0.6 is 12.4 Å². The van der Waals surface area contributed by atoms with Gasteiger partial charge in [0.2, 0.25) is 5.91 Å². The highest BCUT2D eigenvalue weighted by Gasteiger charge is 2.00. The SMILES string of the molecule is CCN(CC)CCOc1ccc(NC(C)=O)cc1.Cl. The predicted octanol–water partition coefficient (Wildman–Crippen LogP) is 2.79. The number of anilines is 1. The van der Waals surface area contributed by atoms with E-state index in [0.29, 0.717) is 6.61 Å². The van der Waals surface area contributed by atoms with Crippen molar-refractivity contribution < 1.29 is 9.53 Å². The van der Waals surface area contributed by atoms with E-state index < -0.39 is 0 Å². The van der Waals surface area contributed by atoms with Crippen LogP contribution < -0.4 is 10.1 Å². The number of amides is 1. The molecule has 108 valence electrons. The zero-order valence-corrected chi connectivity index (χ0v) is 12.6. The van der Waals surface area contributed by atoms with Crippen LogP contribution in [0.2, 0.25) is 0 Å². The second-order valence-corrected chi connectivity index (χ2v) is 4.08. The number of hydrogen-bond donors (Lipinski definition) is 1. The molecule has 0 aromatic heterocycles. The number of carbonyl (C=O) groups is 1. The molecule has 1 amide bonds. The third kappa shape index (κ3) is 7.03. The van der Waals surface area contributed by atoms with Crippen LogP contribution in [0.3, 0.4) is 0 Å². The van der Waals surface area contributed by atoms with E-state index in [2.05, 4.69) is 24.1 Å². The van der Waals surface area contributed by atoms with E-state index in [9.17, 15) is 4.79 Å². The van der Waals surface area contributed by atoms with Gasteiger partial charge in [0.15, 0.2) is 0 Å². The van der Waals surface area contributed by atoms with Crippen LogP contribution in [0, 0.1) is 0 Å². The molecule has 0 aliphatic heterocycles. The molecule has 1 rings (SSSR count). The number of likely N-dealkylation sites (N-methyl/N-ethyl adjacent to an activating group) is 1. The van der Waals surface area contributed by atoms with Crippen molar-refractivity contribution in [1.82, 2.24) is 4.90 Å². The number of carbonyl (C=O) groups excluding carboxylic acids is 1. The van der Waals surface area contributed by atoms with Crippen LogP contribution in [0.4, 0.5) is 5.69 Å². The highest BCUT2D eigenvalue weighted by molar-refractivity contribution is 5.88. The fourth-order valence-electron chi connectivity index (χ4n) is 1.67.